The van der Waals surface area contributed by atoms with Crippen molar-refractivity contribution in [2.75, 3.05) is 62.5 Å². The fourth-order valence-electron chi connectivity index (χ4n) is 5.24. The summed E-state index contributed by atoms with van der Waals surface area (Å²) in [6, 6.07) is 10.6. The second kappa shape index (κ2) is 14.7. The van der Waals surface area contributed by atoms with Gasteiger partial charge in [0.05, 0.1) is 44.0 Å². The number of ether oxygens (including phenoxy) is 2. The number of halogens is 4. The smallest absolute Gasteiger partial charge is 0.416 e. The Morgan fingerprint density at radius 3 is 2.50 bits per heavy atom. The molecule has 2 aliphatic heterocycles. The summed E-state index contributed by atoms with van der Waals surface area (Å²) in [6.07, 6.45) is 1.33. The Labute approximate surface area is 259 Å². The predicted molar refractivity (Wildman–Crippen MR) is 167 cm³/mol. The molecule has 0 amide bonds. The Hall–Kier alpha value is -3.93. The number of carbonyl (C=O) groups excluding carboxylic acids is 1. The van der Waals surface area contributed by atoms with Crippen LogP contribution in [0.25, 0.3) is 0 Å². The number of anilines is 2. The molecule has 0 radical (unpaired) electrons. The number of esters is 1. The highest BCUT2D eigenvalue weighted by molar-refractivity contribution is 7.98. The largest absolute Gasteiger partial charge is 0.497 e. The number of piperazine rings is 1. The molecule has 2 aliphatic rings. The van der Waals surface area contributed by atoms with Gasteiger partial charge in [0.25, 0.3) is 0 Å². The maximum absolute atomic E-state index is 14.0. The van der Waals surface area contributed by atoms with Crippen LogP contribution in [-0.4, -0.2) is 75.6 Å². The van der Waals surface area contributed by atoms with Crippen molar-refractivity contribution in [2.45, 2.75) is 30.5 Å². The normalized spacial score (nSPS) is 18.5. The first kappa shape index (κ1) is 33.0. The molecule has 12 heteroatoms. The van der Waals surface area contributed by atoms with Crippen LogP contribution in [0.15, 0.2) is 88.6 Å². The molecule has 1 atom stereocenters. The molecule has 0 aromatic heterocycles. The zero-order chi connectivity index (χ0) is 31.9. The lowest BCUT2D eigenvalue weighted by Gasteiger charge is -2.46. The zero-order valence-electron chi connectivity index (χ0n) is 24.9. The minimum Gasteiger partial charge on any atom is -0.497 e. The van der Waals surface area contributed by atoms with Crippen LogP contribution in [0.4, 0.5) is 28.9 Å². The van der Waals surface area contributed by atoms with E-state index in [9.17, 15) is 22.4 Å². The minimum absolute atomic E-state index is 0.142. The first-order chi connectivity index (χ1) is 21.0. The fourth-order valence-corrected chi connectivity index (χ4v) is 5.81. The van der Waals surface area contributed by atoms with Crippen LogP contribution in [0.1, 0.15) is 18.9 Å². The van der Waals surface area contributed by atoms with E-state index in [0.29, 0.717) is 42.6 Å². The fraction of sp³-hybridized carbons (Fsp3) is 0.375. The predicted octanol–water partition coefficient (Wildman–Crippen LogP) is 6.72. The number of nitrogens with zero attached hydrogens (tertiary/aromatic N) is 4. The molecule has 44 heavy (non-hydrogen) atoms. The van der Waals surface area contributed by atoms with Gasteiger partial charge >= 0.3 is 12.1 Å². The lowest BCUT2D eigenvalue weighted by molar-refractivity contribution is -0.143. The van der Waals surface area contributed by atoms with Crippen LogP contribution >= 0.6 is 11.8 Å². The third kappa shape index (κ3) is 7.96. The SMILES string of the molecule is C=C(F)/C=C\C=C1/CN=C(N2CCN(c3cccc(OC)c3)CC2)N(c2cc(C(F)(F)F)ccc2SC)C1CC(=O)OCC. The van der Waals surface area contributed by atoms with E-state index in [1.54, 1.807) is 31.3 Å². The van der Waals surface area contributed by atoms with Crippen molar-refractivity contribution in [3.05, 3.63) is 84.2 Å². The summed E-state index contributed by atoms with van der Waals surface area (Å²) in [6.45, 7) is 7.58. The van der Waals surface area contributed by atoms with Crippen LogP contribution in [0.5, 0.6) is 5.75 Å². The molecular formula is C32H36F4N4O3S. The number of benzene rings is 2. The molecular weight excluding hydrogens is 596 g/mol. The Morgan fingerprint density at radius 1 is 1.14 bits per heavy atom. The summed E-state index contributed by atoms with van der Waals surface area (Å²) >= 11 is 1.30. The number of methoxy groups -OCH3 is 1. The van der Waals surface area contributed by atoms with Gasteiger partial charge in [0, 0.05) is 42.8 Å². The number of thioether (sulfide) groups is 1. The summed E-state index contributed by atoms with van der Waals surface area (Å²) in [5.74, 6) is 0.0508. The number of alkyl halides is 3. The number of guanidine groups is 1. The third-order valence-electron chi connectivity index (χ3n) is 7.36. The number of rotatable bonds is 9. The Balaban J connectivity index is 1.79. The molecule has 0 spiro atoms. The second-order valence-electron chi connectivity index (χ2n) is 10.1. The van der Waals surface area contributed by atoms with Crippen LogP contribution in [0.2, 0.25) is 0 Å². The van der Waals surface area contributed by atoms with Gasteiger partial charge in [0.1, 0.15) is 11.6 Å². The second-order valence-corrected chi connectivity index (χ2v) is 11.0. The van der Waals surface area contributed by atoms with E-state index < -0.39 is 29.6 Å². The van der Waals surface area contributed by atoms with Gasteiger partial charge in [-0.1, -0.05) is 24.8 Å². The molecule has 2 aromatic carbocycles. The van der Waals surface area contributed by atoms with E-state index >= 15 is 0 Å². The van der Waals surface area contributed by atoms with Gasteiger partial charge in [-0.2, -0.15) is 13.2 Å². The molecule has 0 N–H and O–H groups in total. The maximum atomic E-state index is 14.0. The van der Waals surface area contributed by atoms with Crippen molar-refractivity contribution in [3.63, 3.8) is 0 Å². The topological polar surface area (TPSA) is 57.6 Å². The van der Waals surface area contributed by atoms with Crippen molar-refractivity contribution in [1.82, 2.24) is 4.90 Å². The summed E-state index contributed by atoms with van der Waals surface area (Å²) in [5.41, 5.74) is 1.09. The summed E-state index contributed by atoms with van der Waals surface area (Å²) in [4.78, 5) is 24.3. The highest BCUT2D eigenvalue weighted by atomic mass is 32.2. The van der Waals surface area contributed by atoms with E-state index in [1.165, 1.54) is 30.0 Å². The number of hydrogen-bond acceptors (Lipinski definition) is 8. The van der Waals surface area contributed by atoms with E-state index in [1.807, 2.05) is 29.2 Å². The molecule has 1 saturated heterocycles. The standard InChI is InChI=1S/C32H36F4N4O3S/c1-5-43-30(41)20-27-23(9-6-8-22(2)33)21-37-31(40(27)28-18-24(32(34,35)36)12-13-29(28)44-4)39-16-14-38(15-17-39)25-10-7-11-26(19-25)42-3/h6-13,18-19,27H,2,5,14-17,20-21H2,1,3-4H3/b8-6-,23-9+. The average Bonchev–Trinajstić information content (AvgIpc) is 3.01. The molecule has 236 valence electrons. The van der Waals surface area contributed by atoms with E-state index in [2.05, 4.69) is 11.5 Å². The monoisotopic (exact) mass is 632 g/mol. The number of carbonyl (C=O) groups is 1. The minimum atomic E-state index is -4.58. The van der Waals surface area contributed by atoms with E-state index in [4.69, 9.17) is 14.5 Å². The summed E-state index contributed by atoms with van der Waals surface area (Å²) in [5, 5.41) is 0. The Morgan fingerprint density at radius 2 is 1.86 bits per heavy atom. The Kier molecular flexibility index (Phi) is 11.0. The lowest BCUT2D eigenvalue weighted by Crippen LogP contribution is -2.58. The van der Waals surface area contributed by atoms with Gasteiger partial charge in [-0.3, -0.25) is 4.79 Å². The van der Waals surface area contributed by atoms with Crippen molar-refractivity contribution < 1.29 is 31.8 Å². The van der Waals surface area contributed by atoms with Gasteiger partial charge in [-0.05, 0) is 55.2 Å². The third-order valence-corrected chi connectivity index (χ3v) is 8.14. The molecule has 2 heterocycles. The van der Waals surface area contributed by atoms with Crippen molar-refractivity contribution in [2.24, 2.45) is 4.99 Å². The molecule has 0 bridgehead atoms. The lowest BCUT2D eigenvalue weighted by atomic mass is 9.98. The summed E-state index contributed by atoms with van der Waals surface area (Å²) in [7, 11) is 1.61. The first-order valence-corrected chi connectivity index (χ1v) is 15.4. The van der Waals surface area contributed by atoms with Gasteiger partial charge in [-0.15, -0.1) is 11.8 Å². The zero-order valence-corrected chi connectivity index (χ0v) is 25.8. The molecule has 0 aliphatic carbocycles. The first-order valence-electron chi connectivity index (χ1n) is 14.2. The number of aliphatic imine (C=N–C) groups is 1. The van der Waals surface area contributed by atoms with Gasteiger partial charge in [0.2, 0.25) is 5.96 Å². The van der Waals surface area contributed by atoms with Crippen molar-refractivity contribution in [3.8, 4) is 5.75 Å². The quantitative estimate of drug-likeness (QED) is 0.132. The van der Waals surface area contributed by atoms with Gasteiger partial charge in [0.15, 0.2) is 0 Å². The van der Waals surface area contributed by atoms with Crippen LogP contribution in [-0.2, 0) is 15.7 Å². The maximum Gasteiger partial charge on any atom is 0.416 e. The molecule has 1 unspecified atom stereocenters. The Bertz CT molecular complexity index is 1430. The van der Waals surface area contributed by atoms with Gasteiger partial charge < -0.3 is 24.2 Å². The molecule has 0 saturated carbocycles. The van der Waals surface area contributed by atoms with Gasteiger partial charge in [-0.25, -0.2) is 9.38 Å². The molecule has 4 rings (SSSR count). The van der Waals surface area contributed by atoms with E-state index in [0.717, 1.165) is 23.6 Å². The van der Waals surface area contributed by atoms with Crippen LogP contribution in [0.3, 0.4) is 0 Å². The molecule has 7 nitrogen and oxygen atoms in total. The summed E-state index contributed by atoms with van der Waals surface area (Å²) < 4.78 is 66.0. The van der Waals surface area contributed by atoms with E-state index in [-0.39, 0.29) is 25.3 Å². The number of allylic oxidation sites excluding steroid dienone is 4. The van der Waals surface area contributed by atoms with Crippen molar-refractivity contribution in [1.29, 1.82) is 0 Å². The highest BCUT2D eigenvalue weighted by Gasteiger charge is 2.39. The van der Waals surface area contributed by atoms with Crippen LogP contribution in [0, 0.1) is 0 Å². The molecule has 1 fully saturated rings. The highest BCUT2D eigenvalue weighted by Crippen LogP contribution is 2.40. The number of hydrogen-bond donors (Lipinski definition) is 0. The van der Waals surface area contributed by atoms with Crippen LogP contribution < -0.4 is 14.5 Å². The van der Waals surface area contributed by atoms with Crippen molar-refractivity contribution >= 4 is 35.1 Å². The average molecular weight is 633 g/mol. The molecule has 2 aromatic rings.